The lowest BCUT2D eigenvalue weighted by Crippen LogP contribution is -2.14. The van der Waals surface area contributed by atoms with Gasteiger partial charge in [0.25, 0.3) is 5.91 Å². The van der Waals surface area contributed by atoms with Gasteiger partial charge in [-0.3, -0.25) is 4.79 Å². The fourth-order valence-electron chi connectivity index (χ4n) is 3.16. The van der Waals surface area contributed by atoms with Crippen LogP contribution in [0.15, 0.2) is 42.6 Å². The van der Waals surface area contributed by atoms with Gasteiger partial charge in [0.1, 0.15) is 5.56 Å². The first-order valence-electron chi connectivity index (χ1n) is 8.99. The van der Waals surface area contributed by atoms with Gasteiger partial charge in [0.05, 0.1) is 6.61 Å². The van der Waals surface area contributed by atoms with Crippen LogP contribution in [0.5, 0.6) is 5.88 Å². The van der Waals surface area contributed by atoms with Crippen molar-refractivity contribution in [2.45, 2.75) is 32.6 Å². The van der Waals surface area contributed by atoms with Crippen molar-refractivity contribution in [2.24, 2.45) is 5.92 Å². The summed E-state index contributed by atoms with van der Waals surface area (Å²) >= 11 is 0. The highest BCUT2D eigenvalue weighted by Gasteiger charge is 2.15. The van der Waals surface area contributed by atoms with Crippen LogP contribution in [0, 0.1) is 5.92 Å². The standard InChI is InChI=1S/C20H25N3O2/c1-2-25-20-18(8-5-13-21-20)19(24)23-17-11-9-16(10-12-17)22-14-15-6-3-4-7-15/h5,8-13,15,22H,2-4,6-7,14H2,1H3,(H,23,24). The zero-order valence-electron chi connectivity index (χ0n) is 14.6. The zero-order chi connectivity index (χ0) is 17.5. The van der Waals surface area contributed by atoms with Crippen molar-refractivity contribution < 1.29 is 9.53 Å². The highest BCUT2D eigenvalue weighted by Crippen LogP contribution is 2.25. The summed E-state index contributed by atoms with van der Waals surface area (Å²) in [5.41, 5.74) is 2.27. The molecule has 0 bridgehead atoms. The number of carbonyl (C=O) groups excluding carboxylic acids is 1. The highest BCUT2D eigenvalue weighted by molar-refractivity contribution is 6.05. The molecule has 5 nitrogen and oxygen atoms in total. The number of pyridine rings is 1. The van der Waals surface area contributed by atoms with Crippen LogP contribution in [-0.2, 0) is 0 Å². The Balaban J connectivity index is 1.58. The molecule has 0 unspecified atom stereocenters. The van der Waals surface area contributed by atoms with Gasteiger partial charge in [0, 0.05) is 24.1 Å². The van der Waals surface area contributed by atoms with Gasteiger partial charge >= 0.3 is 0 Å². The first-order chi connectivity index (χ1) is 12.3. The van der Waals surface area contributed by atoms with E-state index >= 15 is 0 Å². The number of rotatable bonds is 7. The number of hydrogen-bond acceptors (Lipinski definition) is 4. The van der Waals surface area contributed by atoms with E-state index in [9.17, 15) is 4.79 Å². The minimum absolute atomic E-state index is 0.219. The number of benzene rings is 1. The van der Waals surface area contributed by atoms with Gasteiger partial charge in [0.15, 0.2) is 0 Å². The molecule has 1 aromatic heterocycles. The summed E-state index contributed by atoms with van der Waals surface area (Å²) in [6.07, 6.45) is 6.99. The molecule has 1 aromatic carbocycles. The molecule has 1 aliphatic carbocycles. The lowest BCUT2D eigenvalue weighted by Gasteiger charge is -2.13. The molecule has 25 heavy (non-hydrogen) atoms. The second kappa shape index (κ2) is 8.51. The molecular weight excluding hydrogens is 314 g/mol. The van der Waals surface area contributed by atoms with E-state index < -0.39 is 0 Å². The molecule has 1 fully saturated rings. The maximum absolute atomic E-state index is 12.4. The van der Waals surface area contributed by atoms with Gasteiger partial charge in [-0.1, -0.05) is 12.8 Å². The van der Waals surface area contributed by atoms with E-state index in [1.807, 2.05) is 31.2 Å². The minimum Gasteiger partial charge on any atom is -0.477 e. The van der Waals surface area contributed by atoms with Gasteiger partial charge in [-0.25, -0.2) is 4.98 Å². The highest BCUT2D eigenvalue weighted by atomic mass is 16.5. The molecular formula is C20H25N3O2. The number of amides is 1. The maximum atomic E-state index is 12.4. The first kappa shape index (κ1) is 17.3. The molecule has 2 aromatic rings. The molecule has 0 atom stereocenters. The van der Waals surface area contributed by atoms with Crippen molar-refractivity contribution in [1.82, 2.24) is 4.98 Å². The van der Waals surface area contributed by atoms with Crippen LogP contribution in [0.3, 0.4) is 0 Å². The van der Waals surface area contributed by atoms with E-state index in [2.05, 4.69) is 15.6 Å². The van der Waals surface area contributed by atoms with Crippen molar-refractivity contribution in [3.63, 3.8) is 0 Å². The topological polar surface area (TPSA) is 63.2 Å². The van der Waals surface area contributed by atoms with Crippen LogP contribution in [0.1, 0.15) is 43.0 Å². The van der Waals surface area contributed by atoms with E-state index in [1.54, 1.807) is 18.3 Å². The Morgan fingerprint density at radius 3 is 2.60 bits per heavy atom. The number of ether oxygens (including phenoxy) is 1. The Kier molecular flexibility index (Phi) is 5.88. The molecule has 0 aliphatic heterocycles. The number of carbonyl (C=O) groups is 1. The largest absolute Gasteiger partial charge is 0.477 e. The predicted octanol–water partition coefficient (Wildman–Crippen LogP) is 4.33. The van der Waals surface area contributed by atoms with Gasteiger partial charge < -0.3 is 15.4 Å². The Bertz CT molecular complexity index is 694. The fraction of sp³-hybridized carbons (Fsp3) is 0.400. The SMILES string of the molecule is CCOc1ncccc1C(=O)Nc1ccc(NCC2CCCC2)cc1. The summed E-state index contributed by atoms with van der Waals surface area (Å²) in [5, 5.41) is 6.38. The molecule has 0 spiro atoms. The van der Waals surface area contributed by atoms with Crippen LogP contribution in [-0.4, -0.2) is 24.0 Å². The van der Waals surface area contributed by atoms with Gasteiger partial charge in [-0.05, 0) is 62.1 Å². The van der Waals surface area contributed by atoms with Crippen molar-refractivity contribution in [1.29, 1.82) is 0 Å². The number of nitrogens with one attached hydrogen (secondary N) is 2. The van der Waals surface area contributed by atoms with Crippen LogP contribution < -0.4 is 15.4 Å². The minimum atomic E-state index is -0.219. The van der Waals surface area contributed by atoms with Crippen LogP contribution in [0.25, 0.3) is 0 Å². The fourth-order valence-corrected chi connectivity index (χ4v) is 3.16. The zero-order valence-corrected chi connectivity index (χ0v) is 14.6. The number of anilines is 2. The molecule has 1 amide bonds. The molecule has 1 aliphatic rings. The first-order valence-corrected chi connectivity index (χ1v) is 8.99. The van der Waals surface area contributed by atoms with E-state index in [1.165, 1.54) is 25.7 Å². The molecule has 1 saturated carbocycles. The van der Waals surface area contributed by atoms with Crippen molar-refractivity contribution >= 4 is 17.3 Å². The number of nitrogens with zero attached hydrogens (tertiary/aromatic N) is 1. The molecule has 0 saturated heterocycles. The lowest BCUT2D eigenvalue weighted by atomic mass is 10.1. The summed E-state index contributed by atoms with van der Waals surface area (Å²) in [4.78, 5) is 16.6. The van der Waals surface area contributed by atoms with Crippen molar-refractivity contribution in [3.8, 4) is 5.88 Å². The van der Waals surface area contributed by atoms with Crippen LogP contribution in [0.2, 0.25) is 0 Å². The summed E-state index contributed by atoms with van der Waals surface area (Å²) in [5.74, 6) is 0.933. The third-order valence-corrected chi connectivity index (χ3v) is 4.51. The molecule has 3 rings (SSSR count). The molecule has 5 heteroatoms. The number of hydrogen-bond donors (Lipinski definition) is 2. The van der Waals surface area contributed by atoms with E-state index in [0.29, 0.717) is 18.1 Å². The second-order valence-electron chi connectivity index (χ2n) is 6.35. The lowest BCUT2D eigenvalue weighted by molar-refractivity contribution is 0.102. The average molecular weight is 339 g/mol. The quantitative estimate of drug-likeness (QED) is 0.788. The van der Waals surface area contributed by atoms with Crippen LogP contribution in [0.4, 0.5) is 11.4 Å². The van der Waals surface area contributed by atoms with Crippen molar-refractivity contribution in [3.05, 3.63) is 48.2 Å². The normalized spacial score (nSPS) is 14.3. The van der Waals surface area contributed by atoms with Gasteiger partial charge in [0.2, 0.25) is 5.88 Å². The molecule has 2 N–H and O–H groups in total. The van der Waals surface area contributed by atoms with Gasteiger partial charge in [-0.2, -0.15) is 0 Å². The van der Waals surface area contributed by atoms with E-state index in [0.717, 1.165) is 23.8 Å². The van der Waals surface area contributed by atoms with E-state index in [4.69, 9.17) is 4.74 Å². The average Bonchev–Trinajstić information content (AvgIpc) is 3.15. The Hall–Kier alpha value is -2.56. The smallest absolute Gasteiger partial charge is 0.261 e. The molecule has 132 valence electrons. The number of aromatic nitrogens is 1. The summed E-state index contributed by atoms with van der Waals surface area (Å²) < 4.78 is 5.41. The summed E-state index contributed by atoms with van der Waals surface area (Å²) in [6, 6.07) is 11.3. The third kappa shape index (κ3) is 4.72. The monoisotopic (exact) mass is 339 g/mol. The summed E-state index contributed by atoms with van der Waals surface area (Å²) in [6.45, 7) is 3.37. The maximum Gasteiger partial charge on any atom is 0.261 e. The van der Waals surface area contributed by atoms with E-state index in [-0.39, 0.29) is 5.91 Å². The Morgan fingerprint density at radius 2 is 1.88 bits per heavy atom. The Morgan fingerprint density at radius 1 is 1.16 bits per heavy atom. The molecule has 0 radical (unpaired) electrons. The third-order valence-electron chi connectivity index (χ3n) is 4.51. The van der Waals surface area contributed by atoms with Gasteiger partial charge in [-0.15, -0.1) is 0 Å². The summed E-state index contributed by atoms with van der Waals surface area (Å²) in [7, 11) is 0. The van der Waals surface area contributed by atoms with Crippen molar-refractivity contribution in [2.75, 3.05) is 23.8 Å². The Labute approximate surface area is 148 Å². The van der Waals surface area contributed by atoms with Crippen LogP contribution >= 0.6 is 0 Å². The second-order valence-corrected chi connectivity index (χ2v) is 6.35. The molecule has 1 heterocycles. The predicted molar refractivity (Wildman–Crippen MR) is 100 cm³/mol.